The van der Waals surface area contributed by atoms with E-state index in [0.717, 1.165) is 23.0 Å². The van der Waals surface area contributed by atoms with Crippen molar-refractivity contribution in [1.82, 2.24) is 0 Å². The second-order valence-electron chi connectivity index (χ2n) is 6.24. The smallest absolute Gasteiger partial charge is 0.342 e. The van der Waals surface area contributed by atoms with Crippen LogP contribution in [0.1, 0.15) is 11.1 Å². The van der Waals surface area contributed by atoms with Gasteiger partial charge in [0, 0.05) is 0 Å². The van der Waals surface area contributed by atoms with Crippen molar-refractivity contribution in [3.63, 3.8) is 0 Å². The van der Waals surface area contributed by atoms with Gasteiger partial charge in [0.15, 0.2) is 0 Å². The predicted molar refractivity (Wildman–Crippen MR) is 102 cm³/mol. The highest BCUT2D eigenvalue weighted by Crippen LogP contribution is 2.44. The molecule has 2 heteroatoms. The van der Waals surface area contributed by atoms with Crippen LogP contribution in [-0.2, 0) is 9.53 Å². The topological polar surface area (TPSA) is 26.3 Å². The molecule has 0 saturated heterocycles. The van der Waals surface area contributed by atoms with E-state index in [-0.39, 0.29) is 5.97 Å². The Kier molecular flexibility index (Phi) is 2.83. The summed E-state index contributed by atoms with van der Waals surface area (Å²) in [4.78, 5) is 11.9. The maximum absolute atomic E-state index is 11.9. The lowest BCUT2D eigenvalue weighted by molar-refractivity contribution is -0.133. The number of carbonyl (C=O) groups is 1. The summed E-state index contributed by atoms with van der Waals surface area (Å²) >= 11 is 0. The predicted octanol–water partition coefficient (Wildman–Crippen LogP) is 5.40. The number of benzene rings is 3. The van der Waals surface area contributed by atoms with Gasteiger partial charge in [-0.1, -0.05) is 55.1 Å². The molecule has 0 unspecified atom stereocenters. The van der Waals surface area contributed by atoms with Gasteiger partial charge in [-0.2, -0.15) is 0 Å². The van der Waals surface area contributed by atoms with Crippen LogP contribution in [0.3, 0.4) is 0 Å². The molecule has 0 radical (unpaired) electrons. The standard InChI is InChI=1S/C23H14O2/c1-2-25-23(24)16-11-15-12-22-19-8-7-14-5-3-4-6-17(14)18(19)9-10-20(22)21(15)13-16/h2-13H,1H2. The van der Waals surface area contributed by atoms with Crippen LogP contribution in [0.2, 0.25) is 0 Å². The third-order valence-electron chi connectivity index (χ3n) is 4.91. The molecular formula is C23H14O2. The fraction of sp³-hybridized carbons (Fsp3) is 0. The highest BCUT2D eigenvalue weighted by molar-refractivity contribution is 6.16. The quantitative estimate of drug-likeness (QED) is 0.359. The van der Waals surface area contributed by atoms with Crippen molar-refractivity contribution in [2.24, 2.45) is 0 Å². The van der Waals surface area contributed by atoms with Crippen LogP contribution in [0.25, 0.3) is 33.2 Å². The molecule has 0 N–H and O–H groups in total. The lowest BCUT2D eigenvalue weighted by Gasteiger charge is -2.09. The minimum absolute atomic E-state index is 0.369. The van der Waals surface area contributed by atoms with Crippen molar-refractivity contribution >= 4 is 39.2 Å². The largest absolute Gasteiger partial charge is 0.432 e. The van der Waals surface area contributed by atoms with Crippen molar-refractivity contribution in [2.45, 2.75) is 0 Å². The lowest BCUT2D eigenvalue weighted by atomic mass is 9.95. The number of hydrogen-bond donors (Lipinski definition) is 0. The van der Waals surface area contributed by atoms with Crippen LogP contribution in [-0.4, -0.2) is 5.97 Å². The summed E-state index contributed by atoms with van der Waals surface area (Å²) in [6.45, 7) is 3.43. The van der Waals surface area contributed by atoms with E-state index in [4.69, 9.17) is 4.74 Å². The molecule has 0 atom stereocenters. The zero-order valence-corrected chi connectivity index (χ0v) is 13.5. The average Bonchev–Trinajstić information content (AvgIpc) is 3.19. The van der Waals surface area contributed by atoms with E-state index in [9.17, 15) is 4.79 Å². The lowest BCUT2D eigenvalue weighted by Crippen LogP contribution is -2.00. The number of rotatable bonds is 2. The third-order valence-corrected chi connectivity index (χ3v) is 4.91. The van der Waals surface area contributed by atoms with E-state index < -0.39 is 0 Å². The molecule has 0 fully saturated rings. The monoisotopic (exact) mass is 322 g/mol. The number of fused-ring (bicyclic) bond motifs is 7. The number of esters is 1. The number of carbonyl (C=O) groups excluding carboxylic acids is 1. The second-order valence-corrected chi connectivity index (χ2v) is 6.24. The first-order valence-corrected chi connectivity index (χ1v) is 8.18. The summed E-state index contributed by atoms with van der Waals surface area (Å²) in [5.41, 5.74) is 5.09. The Hall–Kier alpha value is -3.39. The van der Waals surface area contributed by atoms with E-state index in [1.807, 2.05) is 12.2 Å². The van der Waals surface area contributed by atoms with Gasteiger partial charge in [-0.05, 0) is 62.0 Å². The molecule has 2 nitrogen and oxygen atoms in total. The maximum Gasteiger partial charge on any atom is 0.342 e. The molecule has 3 aromatic rings. The zero-order valence-electron chi connectivity index (χ0n) is 13.5. The highest BCUT2D eigenvalue weighted by Gasteiger charge is 2.26. The van der Waals surface area contributed by atoms with E-state index in [0.29, 0.717) is 5.57 Å². The second kappa shape index (κ2) is 5.05. The molecule has 118 valence electrons. The summed E-state index contributed by atoms with van der Waals surface area (Å²) in [5.74, 6) is -0.369. The fourth-order valence-electron chi connectivity index (χ4n) is 3.80. The Balaban J connectivity index is 1.71. The molecule has 3 aromatic carbocycles. The Labute approximate surface area is 145 Å². The molecule has 0 saturated carbocycles. The Morgan fingerprint density at radius 1 is 0.880 bits per heavy atom. The molecule has 0 spiro atoms. The fourth-order valence-corrected chi connectivity index (χ4v) is 3.80. The average molecular weight is 322 g/mol. The summed E-state index contributed by atoms with van der Waals surface area (Å²) in [5, 5.41) is 5.00. The van der Waals surface area contributed by atoms with Crippen molar-refractivity contribution in [1.29, 1.82) is 0 Å². The molecule has 25 heavy (non-hydrogen) atoms. The van der Waals surface area contributed by atoms with Crippen LogP contribution >= 0.6 is 0 Å². The zero-order chi connectivity index (χ0) is 17.0. The summed E-state index contributed by atoms with van der Waals surface area (Å²) in [7, 11) is 0. The van der Waals surface area contributed by atoms with Gasteiger partial charge in [-0.3, -0.25) is 0 Å². The minimum atomic E-state index is -0.369. The molecule has 0 bridgehead atoms. The van der Waals surface area contributed by atoms with Gasteiger partial charge in [0.2, 0.25) is 0 Å². The Morgan fingerprint density at radius 3 is 2.60 bits per heavy atom. The summed E-state index contributed by atoms with van der Waals surface area (Å²) < 4.78 is 4.88. The van der Waals surface area contributed by atoms with E-state index in [2.05, 4.69) is 61.2 Å². The molecule has 0 heterocycles. The Bertz CT molecular complexity index is 1190. The van der Waals surface area contributed by atoms with Crippen LogP contribution in [0.5, 0.6) is 0 Å². The van der Waals surface area contributed by atoms with E-state index >= 15 is 0 Å². The first-order valence-electron chi connectivity index (χ1n) is 8.18. The van der Waals surface area contributed by atoms with Gasteiger partial charge in [0.05, 0.1) is 11.8 Å². The molecule has 2 aliphatic rings. The van der Waals surface area contributed by atoms with Gasteiger partial charge in [-0.15, -0.1) is 0 Å². The molecule has 5 rings (SSSR count). The van der Waals surface area contributed by atoms with Crippen LogP contribution in [0.4, 0.5) is 0 Å². The molecular weight excluding hydrogens is 308 g/mol. The van der Waals surface area contributed by atoms with Crippen molar-refractivity contribution < 1.29 is 9.53 Å². The van der Waals surface area contributed by atoms with Gasteiger partial charge >= 0.3 is 5.97 Å². The SMILES string of the molecule is C=COC(=O)C1=CC2=Cc3c(ccc4c3ccc3ccccc34)C2=C1. The van der Waals surface area contributed by atoms with Gasteiger partial charge < -0.3 is 4.74 Å². The highest BCUT2D eigenvalue weighted by atomic mass is 16.5. The molecule has 0 aliphatic heterocycles. The minimum Gasteiger partial charge on any atom is -0.432 e. The number of ether oxygens (including phenoxy) is 1. The van der Waals surface area contributed by atoms with E-state index in [1.54, 1.807) is 0 Å². The molecule has 0 amide bonds. The van der Waals surface area contributed by atoms with Crippen LogP contribution in [0.15, 0.2) is 84.7 Å². The van der Waals surface area contributed by atoms with Crippen LogP contribution in [0, 0.1) is 0 Å². The van der Waals surface area contributed by atoms with Crippen LogP contribution < -0.4 is 0 Å². The summed E-state index contributed by atoms with van der Waals surface area (Å²) in [6.07, 6.45) is 7.10. The molecule has 0 aromatic heterocycles. The van der Waals surface area contributed by atoms with Crippen molar-refractivity contribution in [3.05, 3.63) is 95.8 Å². The summed E-state index contributed by atoms with van der Waals surface area (Å²) in [6, 6.07) is 17.1. The first kappa shape index (κ1) is 14.0. The first-order chi connectivity index (χ1) is 12.3. The maximum atomic E-state index is 11.9. The number of allylic oxidation sites excluding steroid dienone is 3. The third kappa shape index (κ3) is 1.94. The van der Waals surface area contributed by atoms with E-state index in [1.165, 1.54) is 27.1 Å². The number of hydrogen-bond acceptors (Lipinski definition) is 2. The molecule has 2 aliphatic carbocycles. The Morgan fingerprint density at radius 2 is 1.72 bits per heavy atom. The van der Waals surface area contributed by atoms with Gasteiger partial charge in [-0.25, -0.2) is 4.79 Å². The van der Waals surface area contributed by atoms with Gasteiger partial charge in [0.25, 0.3) is 0 Å². The normalized spacial score (nSPS) is 14.6. The van der Waals surface area contributed by atoms with Gasteiger partial charge in [0.1, 0.15) is 0 Å². The van der Waals surface area contributed by atoms with Crippen molar-refractivity contribution in [3.8, 4) is 0 Å². The van der Waals surface area contributed by atoms with Crippen molar-refractivity contribution in [2.75, 3.05) is 0 Å².